The lowest BCUT2D eigenvalue weighted by Gasteiger charge is -2.11. The molecule has 22 heavy (non-hydrogen) atoms. The van der Waals surface area contributed by atoms with Gasteiger partial charge in [-0.15, -0.1) is 0 Å². The van der Waals surface area contributed by atoms with Crippen molar-refractivity contribution in [2.75, 3.05) is 14.1 Å². The summed E-state index contributed by atoms with van der Waals surface area (Å²) in [4.78, 5) is 12.4. The number of amides is 1. The lowest BCUT2D eigenvalue weighted by molar-refractivity contribution is 0.0935. The van der Waals surface area contributed by atoms with E-state index >= 15 is 0 Å². The minimum Gasteiger partial charge on any atom is -0.349 e. The summed E-state index contributed by atoms with van der Waals surface area (Å²) in [5.74, 6) is -0.175. The van der Waals surface area contributed by atoms with Crippen LogP contribution in [0.5, 0.6) is 0 Å². The Morgan fingerprint density at radius 3 is 2.41 bits per heavy atom. The second kappa shape index (κ2) is 5.73. The predicted molar refractivity (Wildman–Crippen MR) is 86.4 cm³/mol. The molecule has 6 nitrogen and oxygen atoms in total. The first-order valence-corrected chi connectivity index (χ1v) is 8.41. The number of sulfonamides is 1. The monoisotopic (exact) mass is 323 g/mol. The van der Waals surface area contributed by atoms with Crippen molar-refractivity contribution in [1.82, 2.24) is 14.2 Å². The molecule has 1 amide bonds. The molecule has 0 fully saturated rings. The van der Waals surface area contributed by atoms with Crippen LogP contribution < -0.4 is 5.32 Å². The van der Waals surface area contributed by atoms with Crippen molar-refractivity contribution < 1.29 is 13.2 Å². The van der Waals surface area contributed by atoms with E-state index in [4.69, 9.17) is 0 Å². The molecule has 0 unspecified atom stereocenters. The van der Waals surface area contributed by atoms with E-state index in [0.29, 0.717) is 5.69 Å². The Labute approximate surface area is 130 Å². The average molecular weight is 323 g/mol. The highest BCUT2D eigenvalue weighted by atomic mass is 32.2. The molecule has 0 radical (unpaired) electrons. The number of carbonyl (C=O) groups excluding carboxylic acids is 1. The summed E-state index contributed by atoms with van der Waals surface area (Å²) < 4.78 is 27.3. The van der Waals surface area contributed by atoms with Crippen molar-refractivity contribution >= 4 is 26.8 Å². The number of hydrogen-bond donors (Lipinski definition) is 1. The van der Waals surface area contributed by atoms with Crippen LogP contribution in [0.15, 0.2) is 29.2 Å². The minimum absolute atomic E-state index is 0.0372. The highest BCUT2D eigenvalue weighted by Crippen LogP contribution is 2.23. The number of nitrogens with zero attached hydrogens (tertiary/aromatic N) is 2. The third-order valence-electron chi connectivity index (χ3n) is 3.44. The summed E-state index contributed by atoms with van der Waals surface area (Å²) in [5, 5.41) is 3.56. The number of aryl methyl sites for hydroxylation is 1. The van der Waals surface area contributed by atoms with Gasteiger partial charge in [0.05, 0.1) is 4.90 Å². The SMILES string of the molecule is CC(C)NC(=O)c1cc2cc(S(=O)(=O)N(C)C)ccc2n1C. The smallest absolute Gasteiger partial charge is 0.268 e. The summed E-state index contributed by atoms with van der Waals surface area (Å²) in [6, 6.07) is 6.62. The zero-order valence-corrected chi connectivity index (χ0v) is 14.2. The first kappa shape index (κ1) is 16.5. The zero-order valence-electron chi connectivity index (χ0n) is 13.4. The van der Waals surface area contributed by atoms with Crippen LogP contribution >= 0.6 is 0 Å². The normalized spacial score (nSPS) is 12.3. The van der Waals surface area contributed by atoms with Gasteiger partial charge in [0, 0.05) is 38.1 Å². The lowest BCUT2D eigenvalue weighted by atomic mass is 10.2. The Bertz CT molecular complexity index is 820. The fourth-order valence-corrected chi connectivity index (χ4v) is 3.19. The standard InChI is InChI=1S/C15H21N3O3S/c1-10(2)16-15(19)14-9-11-8-12(22(20,21)17(3)4)6-7-13(11)18(14)5/h6-10H,1-5H3,(H,16,19). The van der Waals surface area contributed by atoms with Gasteiger partial charge in [-0.05, 0) is 38.1 Å². The van der Waals surface area contributed by atoms with Crippen LogP contribution in [0.4, 0.5) is 0 Å². The molecule has 7 heteroatoms. The molecule has 0 saturated carbocycles. The second-order valence-corrected chi connectivity index (χ2v) is 7.88. The molecule has 1 N–H and O–H groups in total. The largest absolute Gasteiger partial charge is 0.349 e. The Balaban J connectivity index is 2.54. The van der Waals surface area contributed by atoms with Gasteiger partial charge in [0.1, 0.15) is 5.69 Å². The van der Waals surface area contributed by atoms with E-state index in [1.54, 1.807) is 35.9 Å². The van der Waals surface area contributed by atoms with E-state index in [0.717, 1.165) is 10.9 Å². The van der Waals surface area contributed by atoms with Crippen molar-refractivity contribution in [2.24, 2.45) is 7.05 Å². The van der Waals surface area contributed by atoms with Gasteiger partial charge >= 0.3 is 0 Å². The maximum absolute atomic E-state index is 12.2. The number of nitrogens with one attached hydrogen (secondary N) is 1. The maximum Gasteiger partial charge on any atom is 0.268 e. The molecule has 1 aromatic heterocycles. The van der Waals surface area contributed by atoms with E-state index in [1.807, 2.05) is 13.8 Å². The molecule has 1 heterocycles. The van der Waals surface area contributed by atoms with Gasteiger partial charge in [-0.2, -0.15) is 0 Å². The predicted octanol–water partition coefficient (Wildman–Crippen LogP) is 1.57. The maximum atomic E-state index is 12.2. The van der Waals surface area contributed by atoms with E-state index in [2.05, 4.69) is 5.32 Å². The van der Waals surface area contributed by atoms with Gasteiger partial charge < -0.3 is 9.88 Å². The molecule has 2 aromatic rings. The van der Waals surface area contributed by atoms with Crippen molar-refractivity contribution in [2.45, 2.75) is 24.8 Å². The average Bonchev–Trinajstić information content (AvgIpc) is 2.75. The quantitative estimate of drug-likeness (QED) is 0.928. The topological polar surface area (TPSA) is 71.4 Å². The molecule has 1 aromatic carbocycles. The molecule has 120 valence electrons. The second-order valence-electron chi connectivity index (χ2n) is 5.72. The Kier molecular flexibility index (Phi) is 4.30. The van der Waals surface area contributed by atoms with E-state index in [-0.39, 0.29) is 16.8 Å². The Morgan fingerprint density at radius 1 is 1.23 bits per heavy atom. The van der Waals surface area contributed by atoms with Crippen LogP contribution in [0.3, 0.4) is 0 Å². The first-order valence-electron chi connectivity index (χ1n) is 6.97. The van der Waals surface area contributed by atoms with Crippen LogP contribution in [-0.2, 0) is 17.1 Å². The Morgan fingerprint density at radius 2 is 1.86 bits per heavy atom. The number of hydrogen-bond acceptors (Lipinski definition) is 3. The van der Waals surface area contributed by atoms with Crippen molar-refractivity contribution in [3.8, 4) is 0 Å². The molecule has 0 atom stereocenters. The highest BCUT2D eigenvalue weighted by molar-refractivity contribution is 7.89. The minimum atomic E-state index is -3.49. The van der Waals surface area contributed by atoms with Gasteiger partial charge in [-0.25, -0.2) is 12.7 Å². The highest BCUT2D eigenvalue weighted by Gasteiger charge is 2.20. The number of rotatable bonds is 4. The summed E-state index contributed by atoms with van der Waals surface area (Å²) in [7, 11) is 1.29. The van der Waals surface area contributed by atoms with Gasteiger partial charge in [0.25, 0.3) is 5.91 Å². The van der Waals surface area contributed by atoms with Crippen LogP contribution in [0.25, 0.3) is 10.9 Å². The van der Waals surface area contributed by atoms with Gasteiger partial charge in [0.2, 0.25) is 10.0 Å². The van der Waals surface area contributed by atoms with E-state index in [1.165, 1.54) is 18.4 Å². The van der Waals surface area contributed by atoms with E-state index < -0.39 is 10.0 Å². The van der Waals surface area contributed by atoms with Crippen LogP contribution in [0.2, 0.25) is 0 Å². The molecular formula is C15H21N3O3S. The molecule has 2 rings (SSSR count). The summed E-state index contributed by atoms with van der Waals surface area (Å²) in [5.41, 5.74) is 1.31. The molecule has 0 aliphatic carbocycles. The lowest BCUT2D eigenvalue weighted by Crippen LogP contribution is -2.31. The van der Waals surface area contributed by atoms with Gasteiger partial charge in [0.15, 0.2) is 0 Å². The number of carbonyl (C=O) groups is 1. The van der Waals surface area contributed by atoms with Gasteiger partial charge in [-0.3, -0.25) is 4.79 Å². The fraction of sp³-hybridized carbons (Fsp3) is 0.400. The molecule has 0 saturated heterocycles. The molecule has 0 aliphatic heterocycles. The van der Waals surface area contributed by atoms with E-state index in [9.17, 15) is 13.2 Å². The van der Waals surface area contributed by atoms with Crippen molar-refractivity contribution in [3.05, 3.63) is 30.0 Å². The van der Waals surface area contributed by atoms with Crippen LogP contribution in [0, 0.1) is 0 Å². The van der Waals surface area contributed by atoms with Crippen LogP contribution in [0.1, 0.15) is 24.3 Å². The Hall–Kier alpha value is -1.86. The van der Waals surface area contributed by atoms with Crippen LogP contribution in [-0.4, -0.2) is 43.3 Å². The molecule has 0 spiro atoms. The third kappa shape index (κ3) is 2.86. The number of fused-ring (bicyclic) bond motifs is 1. The van der Waals surface area contributed by atoms with Gasteiger partial charge in [-0.1, -0.05) is 0 Å². The van der Waals surface area contributed by atoms with Crippen molar-refractivity contribution in [3.63, 3.8) is 0 Å². The summed E-state index contributed by atoms with van der Waals surface area (Å²) >= 11 is 0. The first-order chi connectivity index (χ1) is 10.1. The number of benzene rings is 1. The summed E-state index contributed by atoms with van der Waals surface area (Å²) in [6.07, 6.45) is 0. The molecule has 0 bridgehead atoms. The fourth-order valence-electron chi connectivity index (χ4n) is 2.25. The third-order valence-corrected chi connectivity index (χ3v) is 5.26. The zero-order chi connectivity index (χ0) is 16.7. The summed E-state index contributed by atoms with van der Waals surface area (Å²) in [6.45, 7) is 3.78. The molecular weight excluding hydrogens is 302 g/mol. The number of aromatic nitrogens is 1. The van der Waals surface area contributed by atoms with Crippen molar-refractivity contribution in [1.29, 1.82) is 0 Å². The molecule has 0 aliphatic rings.